The largest absolute Gasteiger partial charge is 0.385 e. The second kappa shape index (κ2) is 9.56. The van der Waals surface area contributed by atoms with Crippen LogP contribution < -0.4 is 10.9 Å². The third-order valence-corrected chi connectivity index (χ3v) is 6.20. The number of aromatic nitrogens is 3. The Balaban J connectivity index is 1.57. The van der Waals surface area contributed by atoms with Crippen LogP contribution in [0.1, 0.15) is 22.3 Å². The van der Waals surface area contributed by atoms with Crippen molar-refractivity contribution in [3.05, 3.63) is 74.1 Å². The highest BCUT2D eigenvalue weighted by molar-refractivity contribution is 7.71. The molecule has 0 saturated carbocycles. The maximum atomic E-state index is 12.8. The highest BCUT2D eigenvalue weighted by Crippen LogP contribution is 2.27. The molecule has 0 unspecified atom stereocenters. The number of nitrogens with zero attached hydrogens (tertiary/aromatic N) is 2. The van der Waals surface area contributed by atoms with E-state index in [9.17, 15) is 9.59 Å². The van der Waals surface area contributed by atoms with Gasteiger partial charge in [0.1, 0.15) is 0 Å². The number of benzene rings is 2. The Morgan fingerprint density at radius 1 is 1.28 bits per heavy atom. The van der Waals surface area contributed by atoms with Gasteiger partial charge in [-0.2, -0.15) is 0 Å². The van der Waals surface area contributed by atoms with Crippen LogP contribution in [0.15, 0.2) is 52.6 Å². The first-order valence-corrected chi connectivity index (χ1v) is 11.4. The normalized spacial score (nSPS) is 11.1. The van der Waals surface area contributed by atoms with Crippen molar-refractivity contribution in [2.75, 3.05) is 19.0 Å². The predicted molar refractivity (Wildman–Crippen MR) is 130 cm³/mol. The lowest BCUT2D eigenvalue weighted by molar-refractivity contribution is 0.102. The molecule has 2 aromatic carbocycles. The van der Waals surface area contributed by atoms with Gasteiger partial charge in [-0.25, -0.2) is 4.98 Å². The molecule has 4 aromatic rings. The molecule has 2 N–H and O–H groups in total. The van der Waals surface area contributed by atoms with Gasteiger partial charge in [-0.05, 0) is 49.3 Å². The molecular formula is C23H22N4O3S2. The average molecular weight is 467 g/mol. The minimum absolute atomic E-state index is 0.186. The maximum absolute atomic E-state index is 12.8. The molecule has 0 saturated heterocycles. The van der Waals surface area contributed by atoms with E-state index in [1.807, 2.05) is 36.6 Å². The van der Waals surface area contributed by atoms with Gasteiger partial charge < -0.3 is 9.72 Å². The molecule has 0 atom stereocenters. The van der Waals surface area contributed by atoms with E-state index in [-0.39, 0.29) is 11.5 Å². The lowest BCUT2D eigenvalue weighted by Gasteiger charge is -2.09. The molecule has 0 aliphatic heterocycles. The summed E-state index contributed by atoms with van der Waals surface area (Å²) in [6.45, 7) is 3.03. The molecule has 0 aliphatic rings. The Morgan fingerprint density at radius 2 is 2.09 bits per heavy atom. The SMILES string of the molecule is COCCCn1c(=S)[nH]c2cc(C(=O)Nc3nc(-c4ccccc4C)cs3)ccc2c1=O. The highest BCUT2D eigenvalue weighted by atomic mass is 32.1. The van der Waals surface area contributed by atoms with Crippen LogP contribution in [0.5, 0.6) is 0 Å². The fraction of sp³-hybridized carbons (Fsp3) is 0.217. The van der Waals surface area contributed by atoms with Crippen molar-refractivity contribution >= 4 is 45.5 Å². The molecule has 2 aromatic heterocycles. The van der Waals surface area contributed by atoms with Crippen molar-refractivity contribution in [1.82, 2.24) is 14.5 Å². The minimum atomic E-state index is -0.304. The molecule has 9 heteroatoms. The van der Waals surface area contributed by atoms with Crippen molar-refractivity contribution in [2.24, 2.45) is 0 Å². The summed E-state index contributed by atoms with van der Waals surface area (Å²) in [7, 11) is 1.62. The Labute approximate surface area is 193 Å². The first-order chi connectivity index (χ1) is 15.5. The summed E-state index contributed by atoms with van der Waals surface area (Å²) in [4.78, 5) is 33.2. The number of carbonyl (C=O) groups excluding carboxylic acids is 1. The number of anilines is 1. The summed E-state index contributed by atoms with van der Waals surface area (Å²) >= 11 is 6.71. The van der Waals surface area contributed by atoms with Gasteiger partial charge in [-0.3, -0.25) is 19.5 Å². The van der Waals surface area contributed by atoms with Crippen molar-refractivity contribution in [1.29, 1.82) is 0 Å². The van der Waals surface area contributed by atoms with Crippen LogP contribution in [-0.2, 0) is 11.3 Å². The third-order valence-electron chi connectivity index (χ3n) is 5.12. The molecule has 0 fully saturated rings. The summed E-state index contributed by atoms with van der Waals surface area (Å²) in [6.07, 6.45) is 0.679. The van der Waals surface area contributed by atoms with Crippen LogP contribution in [0.25, 0.3) is 22.2 Å². The van der Waals surface area contributed by atoms with Gasteiger partial charge in [0.2, 0.25) is 0 Å². The number of thiazole rings is 1. The molecule has 0 spiro atoms. The highest BCUT2D eigenvalue weighted by Gasteiger charge is 2.13. The molecule has 32 heavy (non-hydrogen) atoms. The topological polar surface area (TPSA) is 89.0 Å². The Kier molecular flexibility index (Phi) is 6.59. The first kappa shape index (κ1) is 22.1. The summed E-state index contributed by atoms with van der Waals surface area (Å²) in [6, 6.07) is 12.9. The molecule has 0 bridgehead atoms. The Hall–Kier alpha value is -3.14. The third kappa shape index (κ3) is 4.55. The van der Waals surface area contributed by atoms with Gasteiger partial charge in [0.25, 0.3) is 11.5 Å². The Bertz CT molecular complexity index is 1400. The van der Waals surface area contributed by atoms with Crippen LogP contribution in [0.4, 0.5) is 5.13 Å². The van der Waals surface area contributed by atoms with E-state index >= 15 is 0 Å². The number of hydrogen-bond acceptors (Lipinski definition) is 6. The van der Waals surface area contributed by atoms with Crippen LogP contribution in [0.2, 0.25) is 0 Å². The van der Waals surface area contributed by atoms with E-state index < -0.39 is 0 Å². The molecule has 1 amide bonds. The number of hydrogen-bond donors (Lipinski definition) is 2. The molecular weight excluding hydrogens is 444 g/mol. The van der Waals surface area contributed by atoms with Gasteiger partial charge in [0.15, 0.2) is 9.90 Å². The monoisotopic (exact) mass is 466 g/mol. The molecule has 7 nitrogen and oxygen atoms in total. The van der Waals surface area contributed by atoms with Crippen molar-refractivity contribution in [3.8, 4) is 11.3 Å². The van der Waals surface area contributed by atoms with E-state index in [2.05, 4.69) is 15.3 Å². The van der Waals surface area contributed by atoms with Gasteiger partial charge in [-0.15, -0.1) is 11.3 Å². The van der Waals surface area contributed by atoms with E-state index in [0.717, 1.165) is 16.8 Å². The molecule has 0 aliphatic carbocycles. The molecule has 0 radical (unpaired) electrons. The number of aryl methyl sites for hydroxylation is 1. The smallest absolute Gasteiger partial charge is 0.262 e. The molecule has 4 rings (SSSR count). The van der Waals surface area contributed by atoms with Crippen molar-refractivity contribution in [3.63, 3.8) is 0 Å². The second-order valence-corrected chi connectivity index (χ2v) is 8.55. The zero-order valence-corrected chi connectivity index (χ0v) is 19.3. The predicted octanol–water partition coefficient (Wildman–Crippen LogP) is 4.78. The van der Waals surface area contributed by atoms with E-state index in [1.54, 1.807) is 25.3 Å². The Morgan fingerprint density at radius 3 is 2.88 bits per heavy atom. The van der Waals surface area contributed by atoms with Crippen molar-refractivity contribution < 1.29 is 9.53 Å². The number of ether oxygens (including phenoxy) is 1. The number of H-pyrrole nitrogens is 1. The van der Waals surface area contributed by atoms with Gasteiger partial charge in [-0.1, -0.05) is 24.3 Å². The van der Waals surface area contributed by atoms with Gasteiger partial charge in [0, 0.05) is 36.8 Å². The lowest BCUT2D eigenvalue weighted by atomic mass is 10.1. The standard InChI is InChI=1S/C23H22N4O3S2/c1-14-6-3-4-7-16(14)19-13-32-22(24-19)26-20(28)15-8-9-17-18(12-15)25-23(31)27(21(17)29)10-5-11-30-2/h3-4,6-9,12-13H,5,10-11H2,1-2H3,(H,25,31)(H,24,26,28). The summed E-state index contributed by atoms with van der Waals surface area (Å²) in [5, 5.41) is 5.74. The van der Waals surface area contributed by atoms with Crippen LogP contribution in [0, 0.1) is 11.7 Å². The van der Waals surface area contributed by atoms with E-state index in [0.29, 0.717) is 45.9 Å². The first-order valence-electron chi connectivity index (χ1n) is 10.1. The maximum Gasteiger partial charge on any atom is 0.262 e. The summed E-state index contributed by atoms with van der Waals surface area (Å²) in [5.41, 5.74) is 3.72. The van der Waals surface area contributed by atoms with Crippen LogP contribution >= 0.6 is 23.6 Å². The average Bonchev–Trinajstić information content (AvgIpc) is 3.24. The van der Waals surface area contributed by atoms with Crippen LogP contribution in [-0.4, -0.2) is 34.2 Å². The van der Waals surface area contributed by atoms with E-state index in [4.69, 9.17) is 17.0 Å². The van der Waals surface area contributed by atoms with Crippen LogP contribution in [0.3, 0.4) is 0 Å². The number of fused-ring (bicyclic) bond motifs is 1. The summed E-state index contributed by atoms with van der Waals surface area (Å²) in [5.74, 6) is -0.304. The van der Waals surface area contributed by atoms with Gasteiger partial charge in [0.05, 0.1) is 16.6 Å². The van der Waals surface area contributed by atoms with Crippen molar-refractivity contribution in [2.45, 2.75) is 19.9 Å². The molecule has 2 heterocycles. The number of methoxy groups -OCH3 is 1. The van der Waals surface area contributed by atoms with E-state index in [1.165, 1.54) is 15.9 Å². The lowest BCUT2D eigenvalue weighted by Crippen LogP contribution is -2.23. The quantitative estimate of drug-likeness (QED) is 0.302. The number of amides is 1. The number of rotatable bonds is 7. The zero-order chi connectivity index (χ0) is 22.7. The number of aromatic amines is 1. The fourth-order valence-corrected chi connectivity index (χ4v) is 4.44. The van der Waals surface area contributed by atoms with Gasteiger partial charge >= 0.3 is 0 Å². The molecule has 164 valence electrons. The second-order valence-electron chi connectivity index (χ2n) is 7.30. The minimum Gasteiger partial charge on any atom is -0.385 e. The zero-order valence-electron chi connectivity index (χ0n) is 17.7. The number of nitrogens with one attached hydrogen (secondary N) is 2. The summed E-state index contributed by atoms with van der Waals surface area (Å²) < 4.78 is 6.88. The fourth-order valence-electron chi connectivity index (χ4n) is 3.45. The number of carbonyl (C=O) groups is 1.